The van der Waals surface area contributed by atoms with Crippen LogP contribution in [0.1, 0.15) is 361 Å². The average molecular weight is 1200 g/mol. The Labute approximate surface area is 522 Å². The van der Waals surface area contributed by atoms with Crippen LogP contribution < -0.4 is 5.32 Å². The van der Waals surface area contributed by atoms with Gasteiger partial charge in [-0.2, -0.15) is 0 Å². The van der Waals surface area contributed by atoms with E-state index >= 15 is 0 Å². The molecule has 0 aliphatic rings. The highest BCUT2D eigenvalue weighted by Gasteiger charge is 2.30. The maximum absolute atomic E-state index is 13.6. The molecule has 1 amide bonds. The number of phosphoric ester groups is 1. The fourth-order valence-corrected chi connectivity index (χ4v) is 11.6. The molecule has 0 aromatic rings. The first-order chi connectivity index (χ1) is 40.9. The zero-order valence-corrected chi connectivity index (χ0v) is 57.6. The third kappa shape index (κ3) is 64.4. The number of esters is 1. The Bertz CT molecular complexity index is 1570. The summed E-state index contributed by atoms with van der Waals surface area (Å²) in [5.41, 5.74) is 0. The first kappa shape index (κ1) is 82.0. The minimum Gasteiger partial charge on any atom is -0.456 e. The normalized spacial score (nSPS) is 13.8. The highest BCUT2D eigenvalue weighted by Crippen LogP contribution is 2.43. The zero-order valence-electron chi connectivity index (χ0n) is 56.7. The van der Waals surface area contributed by atoms with E-state index in [0.29, 0.717) is 23.9 Å². The second kappa shape index (κ2) is 64.0. The first-order valence-corrected chi connectivity index (χ1v) is 38.0. The molecule has 0 aliphatic heterocycles. The van der Waals surface area contributed by atoms with Crippen molar-refractivity contribution in [3.8, 4) is 0 Å². The van der Waals surface area contributed by atoms with Gasteiger partial charge in [-0.25, -0.2) is 4.57 Å². The van der Waals surface area contributed by atoms with Crippen molar-refractivity contribution in [1.29, 1.82) is 0 Å². The number of hydrogen-bond donors (Lipinski definition) is 2. The lowest BCUT2D eigenvalue weighted by Gasteiger charge is -2.27. The summed E-state index contributed by atoms with van der Waals surface area (Å²) in [7, 11) is 1.51. The molecular formula is C74H142N2O7P+. The van der Waals surface area contributed by atoms with Crippen LogP contribution in [0.25, 0.3) is 0 Å². The monoisotopic (exact) mass is 1200 g/mol. The van der Waals surface area contributed by atoms with Crippen LogP contribution in [0.15, 0.2) is 48.6 Å². The lowest BCUT2D eigenvalue weighted by atomic mass is 10.0. The molecule has 0 rings (SSSR count). The van der Waals surface area contributed by atoms with E-state index in [1.807, 2.05) is 33.3 Å². The van der Waals surface area contributed by atoms with Crippen molar-refractivity contribution in [2.45, 2.75) is 373 Å². The second-order valence-corrected chi connectivity index (χ2v) is 27.6. The minimum absolute atomic E-state index is 0.0418. The molecule has 2 N–H and O–H groups in total. The average Bonchev–Trinajstić information content (AvgIpc) is 3.64. The van der Waals surface area contributed by atoms with Crippen LogP contribution in [-0.4, -0.2) is 74.3 Å². The molecule has 3 unspecified atom stereocenters. The quantitative estimate of drug-likeness (QED) is 0.0205. The molecule has 10 heteroatoms. The highest BCUT2D eigenvalue weighted by molar-refractivity contribution is 7.47. The Morgan fingerprint density at radius 2 is 0.726 bits per heavy atom. The Hall–Kier alpha value is -2.03. The Balaban J connectivity index is 5.01. The van der Waals surface area contributed by atoms with Gasteiger partial charge in [-0.15, -0.1) is 0 Å². The number of phosphoric acid groups is 1. The summed E-state index contributed by atoms with van der Waals surface area (Å²) in [6.07, 6.45) is 81.2. The van der Waals surface area contributed by atoms with Gasteiger partial charge >= 0.3 is 13.8 Å². The van der Waals surface area contributed by atoms with Crippen LogP contribution in [0.3, 0.4) is 0 Å². The van der Waals surface area contributed by atoms with Crippen LogP contribution in [0.2, 0.25) is 0 Å². The zero-order chi connectivity index (χ0) is 61.4. The van der Waals surface area contributed by atoms with E-state index in [9.17, 15) is 19.0 Å². The standard InChI is InChI=1S/C74H141N2O7P/c1-7-10-13-16-19-22-25-28-30-32-34-36-37-38-39-41-42-44-46-48-51-54-57-60-63-66-73(77)75-71(70-82-84(79,80)81-69-68-76(4,5)6)72(65-62-59-56-53-50-27-24-21-18-15-12-9-3)83-74(78)67-64-61-58-55-52-49-47-45-43-40-35-33-31-29-26-23-20-17-14-11-8-2/h19,22,28-31,62,65,71-72H,7-18,20-21,23-27,32-61,63-64,66-70H2,1-6H3,(H-,75,77,79,80)/p+1/b22-19-,30-28-,31-29+,65-62-. The molecule has 0 aromatic carbocycles. The maximum Gasteiger partial charge on any atom is 0.472 e. The van der Waals surface area contributed by atoms with Crippen LogP contribution >= 0.6 is 7.82 Å². The van der Waals surface area contributed by atoms with E-state index in [1.165, 1.54) is 263 Å². The molecule has 0 aromatic heterocycles. The van der Waals surface area contributed by atoms with Gasteiger partial charge in [-0.3, -0.25) is 18.6 Å². The predicted octanol–water partition coefficient (Wildman–Crippen LogP) is 23.2. The van der Waals surface area contributed by atoms with Crippen molar-refractivity contribution in [2.24, 2.45) is 0 Å². The fourth-order valence-electron chi connectivity index (χ4n) is 10.9. The van der Waals surface area contributed by atoms with Gasteiger partial charge < -0.3 is 19.4 Å². The van der Waals surface area contributed by atoms with E-state index in [0.717, 1.165) is 64.2 Å². The number of nitrogens with zero attached hydrogens (tertiary/aromatic N) is 1. The summed E-state index contributed by atoms with van der Waals surface area (Å²) in [6.45, 7) is 7.04. The Kier molecular flexibility index (Phi) is 62.4. The number of hydrogen-bond acceptors (Lipinski definition) is 6. The third-order valence-electron chi connectivity index (χ3n) is 16.5. The summed E-state index contributed by atoms with van der Waals surface area (Å²) >= 11 is 0. The molecule has 0 spiro atoms. The van der Waals surface area contributed by atoms with E-state index in [-0.39, 0.29) is 25.1 Å². The molecular weight excluding hydrogens is 1060 g/mol. The number of rotatable bonds is 67. The van der Waals surface area contributed by atoms with Gasteiger partial charge in [0.2, 0.25) is 5.91 Å². The molecule has 0 aliphatic carbocycles. The summed E-state index contributed by atoms with van der Waals surface area (Å²) < 4.78 is 30.9. The number of amides is 1. The topological polar surface area (TPSA) is 111 Å². The Morgan fingerprint density at radius 3 is 1.11 bits per heavy atom. The van der Waals surface area contributed by atoms with Crippen LogP contribution in [-0.2, 0) is 27.9 Å². The fraction of sp³-hybridized carbons (Fsp3) is 0.865. The van der Waals surface area contributed by atoms with E-state index in [2.05, 4.69) is 62.5 Å². The number of ether oxygens (including phenoxy) is 1. The molecule has 0 bridgehead atoms. The molecule has 0 saturated heterocycles. The maximum atomic E-state index is 13.6. The summed E-state index contributed by atoms with van der Waals surface area (Å²) in [5, 5.41) is 3.08. The van der Waals surface area contributed by atoms with E-state index in [1.54, 1.807) is 0 Å². The van der Waals surface area contributed by atoms with Gasteiger partial charge in [0.1, 0.15) is 19.3 Å². The van der Waals surface area contributed by atoms with Gasteiger partial charge in [-0.05, 0) is 89.5 Å². The number of quaternary nitrogens is 1. The number of likely N-dealkylation sites (N-methyl/N-ethyl adjacent to an activating group) is 1. The Morgan fingerprint density at radius 1 is 0.417 bits per heavy atom. The minimum atomic E-state index is -4.45. The summed E-state index contributed by atoms with van der Waals surface area (Å²) in [4.78, 5) is 37.9. The molecule has 0 radical (unpaired) electrons. The van der Waals surface area contributed by atoms with Crippen molar-refractivity contribution >= 4 is 19.7 Å². The van der Waals surface area contributed by atoms with Gasteiger partial charge in [0.05, 0.1) is 33.8 Å². The number of allylic oxidation sites excluding steroid dienone is 7. The van der Waals surface area contributed by atoms with E-state index < -0.39 is 20.0 Å². The van der Waals surface area contributed by atoms with Crippen LogP contribution in [0.5, 0.6) is 0 Å². The van der Waals surface area contributed by atoms with Gasteiger partial charge in [0.15, 0.2) is 0 Å². The van der Waals surface area contributed by atoms with Crippen LogP contribution in [0, 0.1) is 0 Å². The molecule has 9 nitrogen and oxygen atoms in total. The van der Waals surface area contributed by atoms with Crippen molar-refractivity contribution in [2.75, 3.05) is 40.9 Å². The highest BCUT2D eigenvalue weighted by atomic mass is 31.2. The predicted molar refractivity (Wildman–Crippen MR) is 365 cm³/mol. The first-order valence-electron chi connectivity index (χ1n) is 36.5. The number of nitrogens with one attached hydrogen (secondary N) is 1. The number of unbranched alkanes of at least 4 members (excludes halogenated alkanes) is 45. The molecule has 3 atom stereocenters. The van der Waals surface area contributed by atoms with Crippen LogP contribution in [0.4, 0.5) is 0 Å². The van der Waals surface area contributed by atoms with Gasteiger partial charge in [-0.1, -0.05) is 307 Å². The van der Waals surface area contributed by atoms with Crippen molar-refractivity contribution in [3.05, 3.63) is 48.6 Å². The number of carbonyl (C=O) groups excluding carboxylic acids is 2. The lowest BCUT2D eigenvalue weighted by Crippen LogP contribution is -2.47. The van der Waals surface area contributed by atoms with E-state index in [4.69, 9.17) is 13.8 Å². The molecule has 494 valence electrons. The van der Waals surface area contributed by atoms with Gasteiger partial charge in [0, 0.05) is 12.8 Å². The van der Waals surface area contributed by atoms with Gasteiger partial charge in [0.25, 0.3) is 0 Å². The van der Waals surface area contributed by atoms with Crippen molar-refractivity contribution in [1.82, 2.24) is 5.32 Å². The molecule has 0 heterocycles. The second-order valence-electron chi connectivity index (χ2n) is 26.1. The molecule has 0 saturated carbocycles. The third-order valence-corrected chi connectivity index (χ3v) is 17.5. The van der Waals surface area contributed by atoms with Crippen molar-refractivity contribution in [3.63, 3.8) is 0 Å². The lowest BCUT2D eigenvalue weighted by molar-refractivity contribution is -0.870. The van der Waals surface area contributed by atoms with Crippen molar-refractivity contribution < 1.29 is 37.3 Å². The smallest absolute Gasteiger partial charge is 0.456 e. The summed E-state index contributed by atoms with van der Waals surface area (Å²) in [5.74, 6) is -0.489. The molecule has 84 heavy (non-hydrogen) atoms. The largest absolute Gasteiger partial charge is 0.472 e. The SMILES string of the molecule is CCCCC/C=C\C/C=C\CCCCCCCCCCCCCCCCCC(=O)NC(COP(=O)(O)OCC[N+](C)(C)C)C(/C=C\CCCCCCCCCCCC)OC(=O)CCCCCCCCCCCCC/C=C/CCCCCCCC. The molecule has 0 fully saturated rings. The number of carbonyl (C=O) groups is 2. The summed E-state index contributed by atoms with van der Waals surface area (Å²) in [6, 6.07) is -0.848.